The molecule has 2 aromatic carbocycles. The van der Waals surface area contributed by atoms with Crippen molar-refractivity contribution in [3.05, 3.63) is 82.4 Å². The van der Waals surface area contributed by atoms with Crippen LogP contribution in [0.5, 0.6) is 5.88 Å². The molecule has 0 atom stereocenters. The minimum absolute atomic E-state index is 0.133. The maximum atomic E-state index is 12.9. The molecule has 130 valence electrons. The van der Waals surface area contributed by atoms with E-state index < -0.39 is 0 Å². The van der Waals surface area contributed by atoms with Crippen LogP contribution < -0.4 is 10.3 Å². The molecule has 0 unspecified atom stereocenters. The van der Waals surface area contributed by atoms with Crippen molar-refractivity contribution in [1.82, 2.24) is 14.5 Å². The highest BCUT2D eigenvalue weighted by atomic mass is 16.5. The lowest BCUT2D eigenvalue weighted by Gasteiger charge is -2.14. The fraction of sp³-hybridized carbons (Fsp3) is 0.143. The third kappa shape index (κ3) is 2.67. The standard InChI is InChI=1S/C21H19N3O2/c1-24-18(12-15-13-22-17-11-7-6-10-16(15)17)20(26-2)23-19(21(24)25)14-8-4-3-5-9-14/h3-11,13,22H,12H2,1-2H3. The number of methoxy groups -OCH3 is 1. The van der Waals surface area contributed by atoms with Gasteiger partial charge in [-0.25, -0.2) is 4.98 Å². The molecule has 0 bridgehead atoms. The number of nitrogens with zero attached hydrogens (tertiary/aromatic N) is 2. The molecule has 5 heteroatoms. The molecule has 0 aliphatic heterocycles. The van der Waals surface area contributed by atoms with E-state index in [1.54, 1.807) is 18.7 Å². The largest absolute Gasteiger partial charge is 0.480 e. The van der Waals surface area contributed by atoms with Gasteiger partial charge in [-0.2, -0.15) is 0 Å². The molecule has 0 fully saturated rings. The van der Waals surface area contributed by atoms with Gasteiger partial charge in [0.25, 0.3) is 5.56 Å². The number of nitrogens with one attached hydrogen (secondary N) is 1. The summed E-state index contributed by atoms with van der Waals surface area (Å²) in [7, 11) is 3.35. The first-order chi connectivity index (χ1) is 12.7. The Labute approximate surface area is 150 Å². The monoisotopic (exact) mass is 345 g/mol. The number of para-hydroxylation sites is 1. The average Bonchev–Trinajstić information content (AvgIpc) is 3.09. The van der Waals surface area contributed by atoms with Gasteiger partial charge in [0.2, 0.25) is 5.88 Å². The third-order valence-corrected chi connectivity index (χ3v) is 4.65. The molecule has 0 saturated heterocycles. The second-order valence-corrected chi connectivity index (χ2v) is 6.18. The van der Waals surface area contributed by atoms with Crippen molar-refractivity contribution in [2.75, 3.05) is 7.11 Å². The molecule has 2 heterocycles. The van der Waals surface area contributed by atoms with Gasteiger partial charge in [-0.1, -0.05) is 48.5 Å². The highest BCUT2D eigenvalue weighted by Crippen LogP contribution is 2.25. The summed E-state index contributed by atoms with van der Waals surface area (Å²) in [6, 6.07) is 17.6. The summed E-state index contributed by atoms with van der Waals surface area (Å²) >= 11 is 0. The first-order valence-electron chi connectivity index (χ1n) is 8.43. The summed E-state index contributed by atoms with van der Waals surface area (Å²) < 4.78 is 7.16. The molecule has 1 N–H and O–H groups in total. The van der Waals surface area contributed by atoms with Crippen molar-refractivity contribution in [2.24, 2.45) is 7.05 Å². The normalized spacial score (nSPS) is 11.0. The molecule has 0 aliphatic rings. The second kappa shape index (κ2) is 6.52. The van der Waals surface area contributed by atoms with E-state index in [0.29, 0.717) is 18.0 Å². The van der Waals surface area contributed by atoms with Crippen molar-refractivity contribution in [3.8, 4) is 17.1 Å². The molecule has 0 aliphatic carbocycles. The Morgan fingerprint density at radius 3 is 2.58 bits per heavy atom. The maximum absolute atomic E-state index is 12.9. The zero-order valence-corrected chi connectivity index (χ0v) is 14.7. The van der Waals surface area contributed by atoms with Crippen LogP contribution in [0.2, 0.25) is 0 Å². The van der Waals surface area contributed by atoms with Gasteiger partial charge in [-0.3, -0.25) is 4.79 Å². The van der Waals surface area contributed by atoms with Crippen molar-refractivity contribution in [1.29, 1.82) is 0 Å². The van der Waals surface area contributed by atoms with Crippen molar-refractivity contribution in [3.63, 3.8) is 0 Å². The van der Waals surface area contributed by atoms with Gasteiger partial charge in [-0.15, -0.1) is 0 Å². The molecule has 2 aromatic heterocycles. The fourth-order valence-corrected chi connectivity index (χ4v) is 3.24. The van der Waals surface area contributed by atoms with Gasteiger partial charge in [-0.05, 0) is 11.6 Å². The molecular formula is C21H19N3O2. The lowest BCUT2D eigenvalue weighted by atomic mass is 10.1. The molecule has 0 amide bonds. The first kappa shape index (κ1) is 16.1. The molecular weight excluding hydrogens is 326 g/mol. The summed E-state index contributed by atoms with van der Waals surface area (Å²) in [5.41, 5.74) is 3.97. The lowest BCUT2D eigenvalue weighted by molar-refractivity contribution is 0.386. The number of rotatable bonds is 4. The van der Waals surface area contributed by atoms with E-state index in [4.69, 9.17) is 4.74 Å². The quantitative estimate of drug-likeness (QED) is 0.615. The number of fused-ring (bicyclic) bond motifs is 1. The molecule has 0 saturated carbocycles. The van der Waals surface area contributed by atoms with E-state index in [2.05, 4.69) is 16.0 Å². The summed E-state index contributed by atoms with van der Waals surface area (Å²) in [4.78, 5) is 20.7. The van der Waals surface area contributed by atoms with Crippen LogP contribution in [0.25, 0.3) is 22.2 Å². The average molecular weight is 345 g/mol. The van der Waals surface area contributed by atoms with Crippen molar-refractivity contribution < 1.29 is 4.74 Å². The van der Waals surface area contributed by atoms with E-state index in [0.717, 1.165) is 27.7 Å². The minimum atomic E-state index is -0.133. The van der Waals surface area contributed by atoms with E-state index in [1.165, 1.54) is 0 Å². The predicted octanol–water partition coefficient (Wildman–Crippen LogP) is 3.53. The summed E-state index contributed by atoms with van der Waals surface area (Å²) in [6.07, 6.45) is 2.53. The number of H-pyrrole nitrogens is 1. The fourth-order valence-electron chi connectivity index (χ4n) is 3.24. The zero-order chi connectivity index (χ0) is 18.1. The zero-order valence-electron chi connectivity index (χ0n) is 14.7. The number of hydrogen-bond donors (Lipinski definition) is 1. The van der Waals surface area contributed by atoms with E-state index in [9.17, 15) is 4.79 Å². The van der Waals surface area contributed by atoms with E-state index in [1.807, 2.05) is 54.7 Å². The molecule has 4 aromatic rings. The van der Waals surface area contributed by atoms with Gasteiger partial charge < -0.3 is 14.3 Å². The number of aromatic nitrogens is 3. The van der Waals surface area contributed by atoms with Crippen LogP contribution in [0.15, 0.2) is 65.6 Å². The van der Waals surface area contributed by atoms with Gasteiger partial charge >= 0.3 is 0 Å². The van der Waals surface area contributed by atoms with Gasteiger partial charge in [0.15, 0.2) is 0 Å². The van der Waals surface area contributed by atoms with E-state index >= 15 is 0 Å². The molecule has 5 nitrogen and oxygen atoms in total. The van der Waals surface area contributed by atoms with Crippen LogP contribution in [0.3, 0.4) is 0 Å². The molecule has 26 heavy (non-hydrogen) atoms. The SMILES string of the molecule is COc1nc(-c2ccccc2)c(=O)n(C)c1Cc1c[nH]c2ccccc12. The number of aromatic amines is 1. The second-order valence-electron chi connectivity index (χ2n) is 6.18. The van der Waals surface area contributed by atoms with Gasteiger partial charge in [0.1, 0.15) is 5.69 Å². The number of benzene rings is 2. The topological polar surface area (TPSA) is 59.9 Å². The smallest absolute Gasteiger partial charge is 0.277 e. The highest BCUT2D eigenvalue weighted by Gasteiger charge is 2.17. The van der Waals surface area contributed by atoms with Gasteiger partial charge in [0.05, 0.1) is 12.8 Å². The van der Waals surface area contributed by atoms with Crippen LogP contribution in [0.4, 0.5) is 0 Å². The van der Waals surface area contributed by atoms with E-state index in [-0.39, 0.29) is 5.56 Å². The van der Waals surface area contributed by atoms with Gasteiger partial charge in [0, 0.05) is 36.1 Å². The summed E-state index contributed by atoms with van der Waals surface area (Å²) in [5, 5.41) is 1.13. The van der Waals surface area contributed by atoms with Crippen molar-refractivity contribution >= 4 is 10.9 Å². The Kier molecular flexibility index (Phi) is 4.05. The van der Waals surface area contributed by atoms with Crippen molar-refractivity contribution in [2.45, 2.75) is 6.42 Å². The highest BCUT2D eigenvalue weighted by molar-refractivity contribution is 5.83. The number of ether oxygens (including phenoxy) is 1. The summed E-state index contributed by atoms with van der Waals surface area (Å²) in [6.45, 7) is 0. The first-order valence-corrected chi connectivity index (χ1v) is 8.43. The minimum Gasteiger partial charge on any atom is -0.480 e. The Morgan fingerprint density at radius 1 is 1.08 bits per heavy atom. The molecule has 0 radical (unpaired) electrons. The molecule has 0 spiro atoms. The lowest BCUT2D eigenvalue weighted by Crippen LogP contribution is -2.25. The van der Waals surface area contributed by atoms with Crippen LogP contribution in [0, 0.1) is 0 Å². The van der Waals surface area contributed by atoms with Crippen LogP contribution in [0.1, 0.15) is 11.3 Å². The Morgan fingerprint density at radius 2 is 1.81 bits per heavy atom. The molecule has 4 rings (SSSR count). The maximum Gasteiger partial charge on any atom is 0.277 e. The Balaban J connectivity index is 1.84. The van der Waals surface area contributed by atoms with Crippen LogP contribution in [-0.4, -0.2) is 21.6 Å². The Hall–Kier alpha value is -3.34. The predicted molar refractivity (Wildman–Crippen MR) is 103 cm³/mol. The summed E-state index contributed by atoms with van der Waals surface area (Å²) in [5.74, 6) is 0.469. The number of hydrogen-bond acceptors (Lipinski definition) is 3. The van der Waals surface area contributed by atoms with Crippen LogP contribution >= 0.6 is 0 Å². The van der Waals surface area contributed by atoms with Crippen LogP contribution in [-0.2, 0) is 13.5 Å². The third-order valence-electron chi connectivity index (χ3n) is 4.65. The Bertz CT molecular complexity index is 1130.